The molecule has 0 radical (unpaired) electrons. The van der Waals surface area contributed by atoms with Crippen LogP contribution in [0.1, 0.15) is 64.4 Å². The number of carboxylic acid groups (broad SMARTS) is 1. The maximum absolute atomic E-state index is 13.5. The van der Waals surface area contributed by atoms with Crippen molar-refractivity contribution in [2.75, 3.05) is 343 Å². The van der Waals surface area contributed by atoms with Gasteiger partial charge in [-0.1, -0.05) is 26.0 Å². The molecule has 0 aliphatic rings. The number of urea groups is 1. The van der Waals surface area contributed by atoms with E-state index in [0.717, 1.165) is 0 Å². The van der Waals surface area contributed by atoms with Gasteiger partial charge in [0.2, 0.25) is 29.5 Å². The molecule has 0 aliphatic carbocycles. The topological polar surface area (TPSA) is 492 Å². The van der Waals surface area contributed by atoms with Crippen molar-refractivity contribution >= 4 is 47.3 Å². The van der Waals surface area contributed by atoms with Gasteiger partial charge >= 0.3 is 12.1 Å². The van der Waals surface area contributed by atoms with Gasteiger partial charge in [0, 0.05) is 45.3 Å². The van der Waals surface area contributed by atoms with Gasteiger partial charge in [-0.15, -0.1) is 0 Å². The second kappa shape index (κ2) is 87.0. The number of ether oxygens (including phenoxy) is 24. The van der Waals surface area contributed by atoms with Crippen molar-refractivity contribution in [2.45, 2.75) is 83.5 Å². The molecule has 0 spiro atoms. The lowest BCUT2D eigenvalue weighted by Gasteiger charge is -2.25. The molecule has 1 aromatic rings. The minimum atomic E-state index is -1.42. The zero-order valence-corrected chi connectivity index (χ0v) is 70.8. The zero-order chi connectivity index (χ0) is 86.3. The van der Waals surface area contributed by atoms with E-state index in [2.05, 4.69) is 37.2 Å². The van der Waals surface area contributed by atoms with Crippen LogP contribution < -0.4 is 43.0 Å². The van der Waals surface area contributed by atoms with Gasteiger partial charge in [-0.3, -0.25) is 24.0 Å². The van der Waals surface area contributed by atoms with E-state index in [1.165, 1.54) is 0 Å². The van der Waals surface area contributed by atoms with Crippen LogP contribution in [-0.2, 0) is 144 Å². The molecule has 0 unspecified atom stereocenters. The van der Waals surface area contributed by atoms with Crippen LogP contribution in [0.4, 0.5) is 15.3 Å². The molecule has 0 aliphatic heterocycles. The highest BCUT2D eigenvalue weighted by Gasteiger charge is 2.29. The third-order valence-corrected chi connectivity index (χ3v) is 15.9. The number of rotatable bonds is 93. The lowest BCUT2D eigenvalue weighted by molar-refractivity contribution is -0.132. The van der Waals surface area contributed by atoms with E-state index in [1.54, 1.807) is 45.2 Å². The first-order valence-corrected chi connectivity index (χ1v) is 41.2. The molecule has 41 heteroatoms. The first-order chi connectivity index (χ1) is 58.3. The number of aliphatic hydroxyl groups is 1. The third-order valence-electron chi connectivity index (χ3n) is 15.9. The monoisotopic (exact) mass is 1720 g/mol. The van der Waals surface area contributed by atoms with E-state index < -0.39 is 59.8 Å². The molecule has 119 heavy (non-hydrogen) atoms. The molecular formula is C78H144N8O33. The van der Waals surface area contributed by atoms with E-state index in [9.17, 15) is 43.8 Å². The Kier molecular flexibility index (Phi) is 81.3. The van der Waals surface area contributed by atoms with Crippen molar-refractivity contribution in [3.05, 3.63) is 29.8 Å². The van der Waals surface area contributed by atoms with Crippen LogP contribution in [-0.4, -0.2) is 407 Å². The molecule has 694 valence electrons. The lowest BCUT2D eigenvalue weighted by atomic mass is 10.0. The van der Waals surface area contributed by atoms with Gasteiger partial charge in [0.05, 0.1) is 317 Å². The van der Waals surface area contributed by atoms with E-state index in [0.29, 0.717) is 321 Å². The average molecular weight is 1720 g/mol. The SMILES string of the molecule is COCCOCCOCCOCCOCCOCCOCCOCCOCCOCCOCCOCCOCCOCCOCCOCCOCCOCCOCCOCCOCCOCCOCCOCCC(=O)NCCCC[C@H](NC(=O)O)C(=O)NCCC(=O)N[C@H](C(=O)N[C@@H](CCCNC(N)=O)C(=O)Nc1ccc(CO)cc1)C(C)C. The second-order valence-electron chi connectivity index (χ2n) is 25.8. The number of carbonyl (C=O) groups is 7. The van der Waals surface area contributed by atoms with Gasteiger partial charge in [-0.05, 0) is 55.7 Å². The highest BCUT2D eigenvalue weighted by molar-refractivity contribution is 5.98. The van der Waals surface area contributed by atoms with Crippen molar-refractivity contribution < 1.29 is 157 Å². The van der Waals surface area contributed by atoms with Crippen LogP contribution in [0.25, 0.3) is 0 Å². The van der Waals surface area contributed by atoms with Gasteiger partial charge in [0.15, 0.2) is 0 Å². The predicted octanol–water partition coefficient (Wildman–Crippen LogP) is 0.0388. The highest BCUT2D eigenvalue weighted by atomic mass is 16.6. The number of nitrogens with one attached hydrogen (secondary N) is 7. The normalized spacial score (nSPS) is 12.2. The summed E-state index contributed by atoms with van der Waals surface area (Å²) in [7, 11) is 1.64. The fourth-order valence-electron chi connectivity index (χ4n) is 9.63. The Bertz CT molecular complexity index is 2500. The molecule has 8 amide bonds. The summed E-state index contributed by atoms with van der Waals surface area (Å²) in [5.41, 5.74) is 6.20. The summed E-state index contributed by atoms with van der Waals surface area (Å²) in [6, 6.07) is 2.41. The molecule has 0 saturated heterocycles. The average Bonchev–Trinajstić information content (AvgIpc) is 0.864. The second-order valence-corrected chi connectivity index (χ2v) is 25.8. The zero-order valence-electron chi connectivity index (χ0n) is 70.8. The molecule has 0 bridgehead atoms. The molecule has 11 N–H and O–H groups in total. The Morgan fingerprint density at radius 2 is 0.613 bits per heavy atom. The molecule has 1 rings (SSSR count). The molecule has 3 atom stereocenters. The predicted molar refractivity (Wildman–Crippen MR) is 431 cm³/mol. The lowest BCUT2D eigenvalue weighted by Crippen LogP contribution is -2.55. The van der Waals surface area contributed by atoms with E-state index in [-0.39, 0.29) is 77.5 Å². The minimum absolute atomic E-state index is 0.110. The number of amides is 8. The van der Waals surface area contributed by atoms with Crippen molar-refractivity contribution in [1.29, 1.82) is 0 Å². The largest absolute Gasteiger partial charge is 0.465 e. The summed E-state index contributed by atoms with van der Waals surface area (Å²) in [6.07, 6.45) is -0.229. The molecule has 0 saturated carbocycles. The van der Waals surface area contributed by atoms with Crippen LogP contribution >= 0.6 is 0 Å². The maximum Gasteiger partial charge on any atom is 0.405 e. The van der Waals surface area contributed by atoms with E-state index >= 15 is 0 Å². The Balaban J connectivity index is 1.82. The molecule has 41 nitrogen and oxygen atoms in total. The fourth-order valence-corrected chi connectivity index (χ4v) is 9.63. The van der Waals surface area contributed by atoms with E-state index in [4.69, 9.17) is 119 Å². The summed E-state index contributed by atoms with van der Waals surface area (Å²) in [5.74, 6) is -3.12. The molecule has 0 fully saturated rings. The van der Waals surface area contributed by atoms with E-state index in [1.807, 2.05) is 0 Å². The Hall–Kier alpha value is -5.89. The van der Waals surface area contributed by atoms with Gasteiger partial charge in [0.25, 0.3) is 0 Å². The fraction of sp³-hybridized carbons (Fsp3) is 0.833. The number of benzene rings is 1. The van der Waals surface area contributed by atoms with Crippen LogP contribution in [0.3, 0.4) is 0 Å². The number of primary amides is 1. The molecule has 0 aromatic heterocycles. The number of nitrogens with two attached hydrogens (primary N) is 1. The number of anilines is 1. The van der Waals surface area contributed by atoms with Crippen LogP contribution in [0.5, 0.6) is 0 Å². The number of methoxy groups -OCH3 is 1. The van der Waals surface area contributed by atoms with Gasteiger partial charge in [-0.25, -0.2) is 9.59 Å². The summed E-state index contributed by atoms with van der Waals surface area (Å²) in [5, 5.41) is 36.7. The summed E-state index contributed by atoms with van der Waals surface area (Å²) in [6.45, 7) is 24.8. The third kappa shape index (κ3) is 77.9. The minimum Gasteiger partial charge on any atom is -0.465 e. The number of aliphatic hydroxyl groups excluding tert-OH is 1. The van der Waals surface area contributed by atoms with Crippen molar-refractivity contribution in [2.24, 2.45) is 11.7 Å². The van der Waals surface area contributed by atoms with Gasteiger partial charge < -0.3 is 167 Å². The Morgan fingerprint density at radius 1 is 0.319 bits per heavy atom. The standard InChI is InChI=1S/C78H144N8O33/c1-66(2)73(76(92)84-70(8-6-16-82-77(79)93)75(91)83-68-11-9-67(65-87)10-12-68)86-72(89)13-17-81-74(90)69(85-78(94)95)7-4-5-15-80-71(88)14-18-97-21-22-99-25-26-101-29-30-103-33-34-105-37-38-107-41-42-109-45-46-111-49-50-113-53-54-115-57-58-117-61-62-119-64-63-118-60-59-116-56-55-114-52-51-112-48-47-110-44-43-108-40-39-106-36-35-104-32-31-102-28-27-100-24-23-98-20-19-96-3/h9-12,66,69-70,73,85,87H,4-8,13-65H2,1-3H3,(H,80,88)(H,81,90)(H,83,91)(H,84,92)(H,86,89)(H,94,95)(H3,79,82,93)/t69-,70-,73-/m0/s1. The Morgan fingerprint density at radius 3 is 0.908 bits per heavy atom. The van der Waals surface area contributed by atoms with Crippen LogP contribution in [0.2, 0.25) is 0 Å². The van der Waals surface area contributed by atoms with Crippen LogP contribution in [0, 0.1) is 5.92 Å². The summed E-state index contributed by atoms with van der Waals surface area (Å²) < 4.78 is 132. The number of hydrogen-bond acceptors (Lipinski definition) is 32. The summed E-state index contributed by atoms with van der Waals surface area (Å²) >= 11 is 0. The van der Waals surface area contributed by atoms with Crippen LogP contribution in [0.15, 0.2) is 24.3 Å². The molecule has 1 aromatic carbocycles. The first kappa shape index (κ1) is 111. The molecular weight excluding hydrogens is 1580 g/mol. The quantitative estimate of drug-likeness (QED) is 0.0385. The number of unbranched alkanes of at least 4 members (excludes halogenated alkanes) is 1. The van der Waals surface area contributed by atoms with Crippen molar-refractivity contribution in [1.82, 2.24) is 31.9 Å². The number of hydrogen-bond donors (Lipinski definition) is 10. The van der Waals surface area contributed by atoms with Crippen molar-refractivity contribution in [3.63, 3.8) is 0 Å². The number of carbonyl (C=O) groups excluding carboxylic acids is 6. The summed E-state index contributed by atoms with van der Waals surface area (Å²) in [4.78, 5) is 87.9. The smallest absolute Gasteiger partial charge is 0.405 e. The first-order valence-electron chi connectivity index (χ1n) is 41.2. The van der Waals surface area contributed by atoms with Gasteiger partial charge in [0.1, 0.15) is 18.1 Å². The van der Waals surface area contributed by atoms with Crippen molar-refractivity contribution in [3.8, 4) is 0 Å². The Labute approximate surface area is 701 Å². The molecule has 0 heterocycles. The van der Waals surface area contributed by atoms with Gasteiger partial charge in [-0.2, -0.15) is 0 Å². The maximum atomic E-state index is 13.5. The highest BCUT2D eigenvalue weighted by Crippen LogP contribution is 2.13.